The van der Waals surface area contributed by atoms with Crippen LogP contribution >= 0.6 is 0 Å². The van der Waals surface area contributed by atoms with Gasteiger partial charge in [0.25, 0.3) is 0 Å². The molecular weight excluding hydrogens is 396 g/mol. The van der Waals surface area contributed by atoms with Crippen molar-refractivity contribution >= 4 is 12.1 Å². The van der Waals surface area contributed by atoms with Crippen LogP contribution in [0.1, 0.15) is 42.4 Å². The van der Waals surface area contributed by atoms with E-state index in [-0.39, 0.29) is 5.41 Å². The fourth-order valence-corrected chi connectivity index (χ4v) is 5.58. The van der Waals surface area contributed by atoms with Crippen molar-refractivity contribution in [1.29, 1.82) is 5.26 Å². The lowest BCUT2D eigenvalue weighted by Gasteiger charge is -2.44. The van der Waals surface area contributed by atoms with Crippen molar-refractivity contribution in [3.8, 4) is 6.07 Å². The van der Waals surface area contributed by atoms with Crippen molar-refractivity contribution in [3.05, 3.63) is 65.2 Å². The van der Waals surface area contributed by atoms with Crippen molar-refractivity contribution in [2.75, 3.05) is 37.7 Å². The van der Waals surface area contributed by atoms with E-state index in [9.17, 15) is 10.1 Å². The van der Waals surface area contributed by atoms with E-state index in [0.29, 0.717) is 12.7 Å². The summed E-state index contributed by atoms with van der Waals surface area (Å²) in [5.74, 6) is 0. The van der Waals surface area contributed by atoms with Crippen molar-refractivity contribution in [1.82, 2.24) is 9.80 Å². The minimum Gasteiger partial charge on any atom is -0.301 e. The number of piperazine rings is 1. The van der Waals surface area contributed by atoms with E-state index in [2.05, 4.69) is 54.0 Å². The molecule has 4 rings (SSSR count). The summed E-state index contributed by atoms with van der Waals surface area (Å²) in [6, 6.07) is 19.7. The van der Waals surface area contributed by atoms with Gasteiger partial charge in [-0.25, -0.2) is 0 Å². The second-order valence-corrected chi connectivity index (χ2v) is 9.40. The molecule has 1 heterocycles. The standard InChI is InChI=1S/C27H34N4O/c1-22-7-6-8-23(2)26(22)31(21-32)20-29-15-17-30(18-16-29)25-11-13-27(19-28,14-12-25)24-9-4-3-5-10-24/h3-10,21,25H,11-18,20H2,1-2H3/t25-,27-. The first-order valence-electron chi connectivity index (χ1n) is 11.8. The molecule has 32 heavy (non-hydrogen) atoms. The molecule has 2 aromatic rings. The van der Waals surface area contributed by atoms with E-state index in [1.54, 1.807) is 0 Å². The molecule has 1 aliphatic heterocycles. The Bertz CT molecular complexity index is 931. The molecule has 0 atom stereocenters. The highest BCUT2D eigenvalue weighted by Crippen LogP contribution is 2.40. The number of anilines is 1. The molecule has 1 saturated heterocycles. The van der Waals surface area contributed by atoms with Gasteiger partial charge in [-0.2, -0.15) is 5.26 Å². The topological polar surface area (TPSA) is 50.6 Å². The largest absolute Gasteiger partial charge is 0.301 e. The summed E-state index contributed by atoms with van der Waals surface area (Å²) >= 11 is 0. The number of amides is 1. The van der Waals surface area contributed by atoms with Gasteiger partial charge >= 0.3 is 0 Å². The average molecular weight is 431 g/mol. The van der Waals surface area contributed by atoms with Gasteiger partial charge in [0.05, 0.1) is 23.8 Å². The van der Waals surface area contributed by atoms with Crippen LogP contribution in [-0.4, -0.2) is 55.1 Å². The average Bonchev–Trinajstić information content (AvgIpc) is 2.84. The minimum absolute atomic E-state index is 0.324. The minimum atomic E-state index is -0.324. The molecule has 0 bridgehead atoms. The van der Waals surface area contributed by atoms with Gasteiger partial charge in [-0.15, -0.1) is 0 Å². The fourth-order valence-electron chi connectivity index (χ4n) is 5.58. The van der Waals surface area contributed by atoms with Crippen LogP contribution in [0.5, 0.6) is 0 Å². The first-order valence-corrected chi connectivity index (χ1v) is 11.8. The fraction of sp³-hybridized carbons (Fsp3) is 0.481. The van der Waals surface area contributed by atoms with Crippen molar-refractivity contribution in [2.24, 2.45) is 0 Å². The summed E-state index contributed by atoms with van der Waals surface area (Å²) in [5, 5.41) is 9.96. The lowest BCUT2D eigenvalue weighted by atomic mass is 9.69. The van der Waals surface area contributed by atoms with E-state index >= 15 is 0 Å². The van der Waals surface area contributed by atoms with Crippen molar-refractivity contribution in [2.45, 2.75) is 51.0 Å². The van der Waals surface area contributed by atoms with Gasteiger partial charge in [-0.05, 0) is 56.2 Å². The number of para-hydroxylation sites is 1. The lowest BCUT2D eigenvalue weighted by Crippen LogP contribution is -2.54. The van der Waals surface area contributed by atoms with Gasteiger partial charge in [0.15, 0.2) is 0 Å². The predicted molar refractivity (Wildman–Crippen MR) is 128 cm³/mol. The molecule has 2 aromatic carbocycles. The molecule has 0 aromatic heterocycles. The smallest absolute Gasteiger partial charge is 0.215 e. The highest BCUT2D eigenvalue weighted by molar-refractivity contribution is 5.78. The number of rotatable bonds is 6. The Morgan fingerprint density at radius 3 is 2.19 bits per heavy atom. The lowest BCUT2D eigenvalue weighted by molar-refractivity contribution is -0.108. The molecule has 0 radical (unpaired) electrons. The van der Waals surface area contributed by atoms with Crippen LogP contribution in [-0.2, 0) is 10.2 Å². The monoisotopic (exact) mass is 430 g/mol. The summed E-state index contributed by atoms with van der Waals surface area (Å²) in [4.78, 5) is 18.7. The molecule has 0 unspecified atom stereocenters. The maximum atomic E-state index is 11.9. The summed E-state index contributed by atoms with van der Waals surface area (Å²) in [6.07, 6.45) is 4.98. The Kier molecular flexibility index (Phi) is 6.93. The van der Waals surface area contributed by atoms with E-state index in [1.807, 2.05) is 29.2 Å². The number of carbonyl (C=O) groups is 1. The second kappa shape index (κ2) is 9.85. The highest BCUT2D eigenvalue weighted by Gasteiger charge is 2.39. The Morgan fingerprint density at radius 1 is 1.00 bits per heavy atom. The Labute approximate surface area is 192 Å². The van der Waals surface area contributed by atoms with Gasteiger partial charge < -0.3 is 4.90 Å². The zero-order chi connectivity index (χ0) is 22.6. The summed E-state index contributed by atoms with van der Waals surface area (Å²) in [5.41, 5.74) is 4.15. The molecule has 5 nitrogen and oxygen atoms in total. The summed E-state index contributed by atoms with van der Waals surface area (Å²) in [6.45, 7) is 8.75. The maximum absolute atomic E-state index is 11.9. The van der Waals surface area contributed by atoms with Crippen LogP contribution in [0.15, 0.2) is 48.5 Å². The summed E-state index contributed by atoms with van der Waals surface area (Å²) in [7, 11) is 0. The van der Waals surface area contributed by atoms with E-state index in [0.717, 1.165) is 75.1 Å². The zero-order valence-electron chi connectivity index (χ0n) is 19.3. The molecule has 1 aliphatic carbocycles. The third-order valence-electron chi connectivity index (χ3n) is 7.48. The number of carbonyl (C=O) groups excluding carboxylic acids is 1. The van der Waals surface area contributed by atoms with Crippen LogP contribution in [0, 0.1) is 25.2 Å². The molecule has 168 valence electrons. The zero-order valence-corrected chi connectivity index (χ0v) is 19.3. The Hall–Kier alpha value is -2.68. The molecule has 5 heteroatoms. The van der Waals surface area contributed by atoms with Gasteiger partial charge in [0.2, 0.25) is 6.41 Å². The third-order valence-corrected chi connectivity index (χ3v) is 7.48. The van der Waals surface area contributed by atoms with Gasteiger partial charge in [-0.3, -0.25) is 14.6 Å². The van der Waals surface area contributed by atoms with Crippen LogP contribution in [0.4, 0.5) is 5.69 Å². The SMILES string of the molecule is Cc1cccc(C)c1N(C=O)CN1CCN([C@H]2CC[C@](C#N)(c3ccccc3)CC2)CC1. The number of nitrogens with zero attached hydrogens (tertiary/aromatic N) is 4. The number of hydrogen-bond donors (Lipinski definition) is 0. The summed E-state index contributed by atoms with van der Waals surface area (Å²) < 4.78 is 0. The van der Waals surface area contributed by atoms with E-state index in [1.165, 1.54) is 5.56 Å². The molecule has 2 fully saturated rings. The highest BCUT2D eigenvalue weighted by atomic mass is 16.1. The van der Waals surface area contributed by atoms with E-state index in [4.69, 9.17) is 0 Å². The number of benzene rings is 2. The first kappa shape index (κ1) is 22.5. The predicted octanol–water partition coefficient (Wildman–Crippen LogP) is 4.25. The van der Waals surface area contributed by atoms with Gasteiger partial charge in [-0.1, -0.05) is 48.5 Å². The van der Waals surface area contributed by atoms with Crippen molar-refractivity contribution in [3.63, 3.8) is 0 Å². The van der Waals surface area contributed by atoms with E-state index < -0.39 is 0 Å². The maximum Gasteiger partial charge on any atom is 0.215 e. The van der Waals surface area contributed by atoms with Crippen molar-refractivity contribution < 1.29 is 4.79 Å². The van der Waals surface area contributed by atoms with Crippen LogP contribution < -0.4 is 4.90 Å². The molecule has 0 spiro atoms. The molecule has 0 N–H and O–H groups in total. The number of hydrogen-bond acceptors (Lipinski definition) is 4. The van der Waals surface area contributed by atoms with Gasteiger partial charge in [0.1, 0.15) is 0 Å². The second-order valence-electron chi connectivity index (χ2n) is 9.40. The Balaban J connectivity index is 1.32. The number of nitriles is 1. The first-order chi connectivity index (χ1) is 15.6. The third kappa shape index (κ3) is 4.57. The molecule has 1 amide bonds. The molecule has 1 saturated carbocycles. The van der Waals surface area contributed by atoms with Crippen LogP contribution in [0.25, 0.3) is 0 Å². The molecule has 2 aliphatic rings. The van der Waals surface area contributed by atoms with Gasteiger partial charge in [0, 0.05) is 32.2 Å². The van der Waals surface area contributed by atoms with Crippen LogP contribution in [0.3, 0.4) is 0 Å². The normalized spacial score (nSPS) is 24.6. The number of aryl methyl sites for hydroxylation is 2. The van der Waals surface area contributed by atoms with Crippen LogP contribution in [0.2, 0.25) is 0 Å². The Morgan fingerprint density at radius 2 is 1.62 bits per heavy atom. The molecular formula is C27H34N4O. The quantitative estimate of drug-likeness (QED) is 0.643.